The van der Waals surface area contributed by atoms with Crippen LogP contribution in [0.4, 0.5) is 10.2 Å². The summed E-state index contributed by atoms with van der Waals surface area (Å²) in [6.07, 6.45) is 1.92. The van der Waals surface area contributed by atoms with E-state index >= 15 is 0 Å². The molecule has 4 nitrogen and oxygen atoms in total. The Hall–Kier alpha value is -1.91. The largest absolute Gasteiger partial charge is 0.275 e. The van der Waals surface area contributed by atoms with Crippen LogP contribution in [0.1, 0.15) is 24.0 Å². The molecule has 0 aliphatic rings. The topological polar surface area (TPSA) is 42.7 Å². The minimum absolute atomic E-state index is 0.208. The van der Waals surface area contributed by atoms with Crippen molar-refractivity contribution in [3.63, 3.8) is 0 Å². The zero-order valence-corrected chi connectivity index (χ0v) is 10.2. The molecule has 0 aliphatic heterocycles. The van der Waals surface area contributed by atoms with E-state index in [9.17, 15) is 4.39 Å². The number of aromatic nitrogens is 3. The fraction of sp³-hybridized carbons (Fsp3) is 0.333. The van der Waals surface area contributed by atoms with Crippen molar-refractivity contribution in [2.24, 2.45) is 0 Å². The van der Waals surface area contributed by atoms with E-state index in [1.165, 1.54) is 6.33 Å². The highest BCUT2D eigenvalue weighted by Crippen LogP contribution is 2.15. The van der Waals surface area contributed by atoms with Crippen LogP contribution >= 0.6 is 0 Å². The van der Waals surface area contributed by atoms with Gasteiger partial charge in [-0.25, -0.2) is 14.4 Å². The van der Waals surface area contributed by atoms with Gasteiger partial charge >= 0.3 is 0 Å². The predicted octanol–water partition coefficient (Wildman–Crippen LogP) is 2.47. The van der Waals surface area contributed by atoms with Gasteiger partial charge in [0, 0.05) is 11.4 Å². The standard InChI is InChI=1S/C12H15FN4/c1-4-10-11(13)12(15-7-14-10)16-17-8(2)5-6-9(17)3/h5-7H,4H2,1-3H3,(H,14,15,16). The Kier molecular flexibility index (Phi) is 3.08. The van der Waals surface area contributed by atoms with E-state index < -0.39 is 0 Å². The fourth-order valence-corrected chi connectivity index (χ4v) is 1.68. The van der Waals surface area contributed by atoms with E-state index in [4.69, 9.17) is 0 Å². The van der Waals surface area contributed by atoms with E-state index in [-0.39, 0.29) is 11.6 Å². The first kappa shape index (κ1) is 11.6. The Bertz CT molecular complexity index is 514. The molecule has 2 aromatic rings. The summed E-state index contributed by atoms with van der Waals surface area (Å²) in [4.78, 5) is 7.82. The second-order valence-corrected chi connectivity index (χ2v) is 3.90. The van der Waals surface area contributed by atoms with Gasteiger partial charge in [-0.2, -0.15) is 0 Å². The Labute approximate surface area is 99.5 Å². The highest BCUT2D eigenvalue weighted by Gasteiger charge is 2.11. The summed E-state index contributed by atoms with van der Waals surface area (Å²) in [6.45, 7) is 5.75. The third-order valence-corrected chi connectivity index (χ3v) is 2.69. The smallest absolute Gasteiger partial charge is 0.188 e. The predicted molar refractivity (Wildman–Crippen MR) is 64.3 cm³/mol. The van der Waals surface area contributed by atoms with Crippen LogP contribution in [0.2, 0.25) is 0 Å². The van der Waals surface area contributed by atoms with Crippen LogP contribution in [0.5, 0.6) is 0 Å². The van der Waals surface area contributed by atoms with Gasteiger partial charge in [0.15, 0.2) is 11.6 Å². The molecule has 0 unspecified atom stereocenters. The van der Waals surface area contributed by atoms with Gasteiger partial charge in [0.1, 0.15) is 6.33 Å². The first-order valence-electron chi connectivity index (χ1n) is 5.54. The average Bonchev–Trinajstić information content (AvgIpc) is 2.63. The maximum absolute atomic E-state index is 13.9. The molecule has 0 fully saturated rings. The number of halogens is 1. The van der Waals surface area contributed by atoms with Gasteiger partial charge in [0.05, 0.1) is 5.69 Å². The highest BCUT2D eigenvalue weighted by atomic mass is 19.1. The number of nitrogens with zero attached hydrogens (tertiary/aromatic N) is 3. The van der Waals surface area contributed by atoms with Crippen molar-refractivity contribution in [2.45, 2.75) is 27.2 Å². The molecule has 0 atom stereocenters. The van der Waals surface area contributed by atoms with Crippen LogP contribution < -0.4 is 5.43 Å². The van der Waals surface area contributed by atoms with Crippen molar-refractivity contribution in [3.8, 4) is 0 Å². The molecule has 1 N–H and O–H groups in total. The number of hydrogen-bond acceptors (Lipinski definition) is 3. The molecule has 0 saturated heterocycles. The summed E-state index contributed by atoms with van der Waals surface area (Å²) in [7, 11) is 0. The molecular formula is C12H15FN4. The minimum Gasteiger partial charge on any atom is -0.275 e. The molecular weight excluding hydrogens is 219 g/mol. The van der Waals surface area contributed by atoms with E-state index in [1.807, 2.05) is 32.9 Å². The SMILES string of the molecule is CCc1ncnc(Nn2c(C)ccc2C)c1F. The van der Waals surface area contributed by atoms with Gasteiger partial charge in [-0.1, -0.05) is 6.92 Å². The highest BCUT2D eigenvalue weighted by molar-refractivity contribution is 5.38. The lowest BCUT2D eigenvalue weighted by molar-refractivity contribution is 0.593. The summed E-state index contributed by atoms with van der Waals surface area (Å²) in [5.41, 5.74) is 5.37. The number of aryl methyl sites for hydroxylation is 3. The van der Waals surface area contributed by atoms with Crippen molar-refractivity contribution in [1.29, 1.82) is 0 Å². The number of anilines is 1. The Morgan fingerprint density at radius 1 is 1.24 bits per heavy atom. The Morgan fingerprint density at radius 2 is 1.88 bits per heavy atom. The summed E-state index contributed by atoms with van der Waals surface area (Å²) in [6, 6.07) is 3.92. The summed E-state index contributed by atoms with van der Waals surface area (Å²) >= 11 is 0. The molecule has 2 rings (SSSR count). The van der Waals surface area contributed by atoms with Gasteiger partial charge < -0.3 is 0 Å². The van der Waals surface area contributed by atoms with Crippen molar-refractivity contribution in [1.82, 2.24) is 14.6 Å². The van der Waals surface area contributed by atoms with Crippen LogP contribution in [0, 0.1) is 19.7 Å². The molecule has 90 valence electrons. The Morgan fingerprint density at radius 3 is 2.47 bits per heavy atom. The lowest BCUT2D eigenvalue weighted by atomic mass is 10.3. The molecule has 0 bridgehead atoms. The van der Waals surface area contributed by atoms with E-state index in [0.717, 1.165) is 11.4 Å². The average molecular weight is 234 g/mol. The molecule has 2 aromatic heterocycles. The van der Waals surface area contributed by atoms with Crippen molar-refractivity contribution in [3.05, 3.63) is 41.4 Å². The monoisotopic (exact) mass is 234 g/mol. The molecule has 0 aliphatic carbocycles. The molecule has 0 saturated carbocycles. The lowest BCUT2D eigenvalue weighted by Crippen LogP contribution is -2.15. The second kappa shape index (κ2) is 4.53. The quantitative estimate of drug-likeness (QED) is 0.887. The molecule has 2 heterocycles. The third-order valence-electron chi connectivity index (χ3n) is 2.69. The van der Waals surface area contributed by atoms with Gasteiger partial charge in [0.2, 0.25) is 0 Å². The second-order valence-electron chi connectivity index (χ2n) is 3.90. The molecule has 0 radical (unpaired) electrons. The van der Waals surface area contributed by atoms with Crippen LogP contribution in [0.15, 0.2) is 18.5 Å². The third kappa shape index (κ3) is 2.13. The lowest BCUT2D eigenvalue weighted by Gasteiger charge is -2.13. The van der Waals surface area contributed by atoms with Crippen LogP contribution in [0.3, 0.4) is 0 Å². The maximum atomic E-state index is 13.9. The van der Waals surface area contributed by atoms with E-state index in [0.29, 0.717) is 12.1 Å². The van der Waals surface area contributed by atoms with E-state index in [2.05, 4.69) is 15.4 Å². The van der Waals surface area contributed by atoms with Gasteiger partial charge in [-0.05, 0) is 32.4 Å². The minimum atomic E-state index is -0.387. The van der Waals surface area contributed by atoms with Gasteiger partial charge in [0.25, 0.3) is 0 Å². The van der Waals surface area contributed by atoms with Crippen LogP contribution in [0.25, 0.3) is 0 Å². The van der Waals surface area contributed by atoms with Crippen molar-refractivity contribution < 1.29 is 4.39 Å². The van der Waals surface area contributed by atoms with Crippen molar-refractivity contribution >= 4 is 5.82 Å². The maximum Gasteiger partial charge on any atom is 0.188 e. The Balaban J connectivity index is 2.37. The summed E-state index contributed by atoms with van der Waals surface area (Å²) in [5, 5.41) is 0. The van der Waals surface area contributed by atoms with Gasteiger partial charge in [-0.15, -0.1) is 0 Å². The fourth-order valence-electron chi connectivity index (χ4n) is 1.68. The van der Waals surface area contributed by atoms with Crippen LogP contribution in [-0.4, -0.2) is 14.6 Å². The molecule has 0 spiro atoms. The summed E-state index contributed by atoms with van der Waals surface area (Å²) < 4.78 is 15.7. The molecule has 0 amide bonds. The molecule has 5 heteroatoms. The number of hydrogen-bond donors (Lipinski definition) is 1. The summed E-state index contributed by atoms with van der Waals surface area (Å²) in [5.74, 6) is -0.179. The van der Waals surface area contributed by atoms with Gasteiger partial charge in [-0.3, -0.25) is 10.1 Å². The molecule has 17 heavy (non-hydrogen) atoms. The van der Waals surface area contributed by atoms with Crippen molar-refractivity contribution in [2.75, 3.05) is 5.43 Å². The zero-order chi connectivity index (χ0) is 12.4. The van der Waals surface area contributed by atoms with E-state index in [1.54, 1.807) is 4.68 Å². The number of nitrogens with one attached hydrogen (secondary N) is 1. The normalized spacial score (nSPS) is 10.6. The molecule has 0 aromatic carbocycles. The number of rotatable bonds is 3. The first-order chi connectivity index (χ1) is 8.13. The first-order valence-corrected chi connectivity index (χ1v) is 5.54. The van der Waals surface area contributed by atoms with Crippen LogP contribution in [-0.2, 0) is 6.42 Å². The zero-order valence-electron chi connectivity index (χ0n) is 10.2.